The van der Waals surface area contributed by atoms with E-state index in [0.29, 0.717) is 5.75 Å². The number of aliphatic hydroxyl groups excluding tert-OH is 1. The Morgan fingerprint density at radius 2 is 1.00 bits per heavy atom. The number of thiol groups is 2. The zero-order valence-corrected chi connectivity index (χ0v) is 13.3. The van der Waals surface area contributed by atoms with Gasteiger partial charge in [-0.3, -0.25) is 0 Å². The van der Waals surface area contributed by atoms with Crippen molar-refractivity contribution in [1.82, 2.24) is 0 Å². The van der Waals surface area contributed by atoms with Crippen molar-refractivity contribution >= 4 is 25.3 Å². The van der Waals surface area contributed by atoms with E-state index in [0.717, 1.165) is 5.75 Å². The monoisotopic (exact) mass is 280 g/mol. The van der Waals surface area contributed by atoms with E-state index in [9.17, 15) is 0 Å². The fraction of sp³-hybridized carbons (Fsp3) is 1.00. The summed E-state index contributed by atoms with van der Waals surface area (Å²) in [5.41, 5.74) is 0. The molecule has 1 nitrogen and oxygen atoms in total. The molecule has 0 saturated heterocycles. The van der Waals surface area contributed by atoms with Crippen LogP contribution < -0.4 is 0 Å². The minimum atomic E-state index is 0.184. The van der Waals surface area contributed by atoms with E-state index in [1.54, 1.807) is 0 Å². The lowest BCUT2D eigenvalue weighted by Gasteiger charge is -2.00. The molecule has 0 rings (SSSR count). The highest BCUT2D eigenvalue weighted by Crippen LogP contribution is 2.10. The molecule has 3 heteroatoms. The van der Waals surface area contributed by atoms with E-state index >= 15 is 0 Å². The summed E-state index contributed by atoms with van der Waals surface area (Å²) >= 11 is 7.87. The van der Waals surface area contributed by atoms with Gasteiger partial charge in [0.05, 0.1) is 6.61 Å². The minimum Gasteiger partial charge on any atom is -0.396 e. The molecule has 1 N–H and O–H groups in total. The smallest absolute Gasteiger partial charge is 0.0519 e. The first-order valence-electron chi connectivity index (χ1n) is 7.16. The fourth-order valence-electron chi connectivity index (χ4n) is 1.60. The molecule has 0 aliphatic rings. The standard InChI is InChI=1S/C12H26S.C2H6OS/c1-2-3-4-5-6-7-8-9-10-11-12-13;3-1-2-4/h13H,2-12H2,1H3;3-4H,1-2H2. The Hall–Kier alpha value is 0.660. The Balaban J connectivity index is 0. The van der Waals surface area contributed by atoms with Gasteiger partial charge in [-0.15, -0.1) is 0 Å². The molecule has 0 unspecified atom stereocenters. The van der Waals surface area contributed by atoms with Crippen molar-refractivity contribution in [2.75, 3.05) is 18.1 Å². The van der Waals surface area contributed by atoms with Crippen LogP contribution in [0.2, 0.25) is 0 Å². The molecule has 17 heavy (non-hydrogen) atoms. The number of hydrogen-bond donors (Lipinski definition) is 3. The molecule has 106 valence electrons. The summed E-state index contributed by atoms with van der Waals surface area (Å²) < 4.78 is 0. The SMILES string of the molecule is CCCCCCCCCCCCS.OCCS. The highest BCUT2D eigenvalue weighted by Gasteiger charge is 1.91. The summed E-state index contributed by atoms with van der Waals surface area (Å²) in [7, 11) is 0. The second-order valence-corrected chi connectivity index (χ2v) is 5.25. The van der Waals surface area contributed by atoms with Crippen LogP contribution in [0.5, 0.6) is 0 Å². The topological polar surface area (TPSA) is 20.2 Å². The van der Waals surface area contributed by atoms with E-state index in [2.05, 4.69) is 32.2 Å². The van der Waals surface area contributed by atoms with Crippen molar-refractivity contribution in [1.29, 1.82) is 0 Å². The summed E-state index contributed by atoms with van der Waals surface area (Å²) in [5.74, 6) is 1.64. The third-order valence-electron chi connectivity index (χ3n) is 2.61. The van der Waals surface area contributed by atoms with Crippen molar-refractivity contribution in [3.8, 4) is 0 Å². The summed E-state index contributed by atoms with van der Waals surface area (Å²) in [6, 6.07) is 0. The van der Waals surface area contributed by atoms with Gasteiger partial charge >= 0.3 is 0 Å². The maximum absolute atomic E-state index is 7.80. The van der Waals surface area contributed by atoms with Crippen LogP contribution >= 0.6 is 25.3 Å². The molecule has 0 aliphatic heterocycles. The van der Waals surface area contributed by atoms with Crippen LogP contribution in [0.25, 0.3) is 0 Å². The molecule has 0 saturated carbocycles. The summed E-state index contributed by atoms with van der Waals surface area (Å²) in [4.78, 5) is 0. The predicted molar refractivity (Wildman–Crippen MR) is 86.6 cm³/mol. The fourth-order valence-corrected chi connectivity index (χ4v) is 1.82. The largest absolute Gasteiger partial charge is 0.396 e. The van der Waals surface area contributed by atoms with Gasteiger partial charge in [-0.05, 0) is 12.2 Å². The van der Waals surface area contributed by atoms with Gasteiger partial charge in [-0.2, -0.15) is 25.3 Å². The average Bonchev–Trinajstić information content (AvgIpc) is 2.37. The van der Waals surface area contributed by atoms with Crippen LogP contribution in [0.3, 0.4) is 0 Å². The summed E-state index contributed by atoms with van der Waals surface area (Å²) in [5, 5.41) is 7.80. The van der Waals surface area contributed by atoms with Crippen LogP contribution in [-0.4, -0.2) is 23.2 Å². The molecule has 0 spiro atoms. The quantitative estimate of drug-likeness (QED) is 0.369. The van der Waals surface area contributed by atoms with Crippen molar-refractivity contribution in [3.63, 3.8) is 0 Å². The maximum Gasteiger partial charge on any atom is 0.0519 e. The normalized spacial score (nSPS) is 9.88. The van der Waals surface area contributed by atoms with E-state index in [1.807, 2.05) is 0 Å². The Labute approximate surface area is 120 Å². The molecular weight excluding hydrogens is 248 g/mol. The molecule has 0 amide bonds. The number of rotatable bonds is 11. The van der Waals surface area contributed by atoms with Crippen LogP contribution in [0.4, 0.5) is 0 Å². The lowest BCUT2D eigenvalue weighted by molar-refractivity contribution is 0.323. The molecule has 0 bridgehead atoms. The van der Waals surface area contributed by atoms with Gasteiger partial charge in [0, 0.05) is 5.75 Å². The molecule has 0 fully saturated rings. The second kappa shape index (κ2) is 21.9. The van der Waals surface area contributed by atoms with Gasteiger partial charge in [-0.25, -0.2) is 0 Å². The van der Waals surface area contributed by atoms with Crippen LogP contribution in [0.15, 0.2) is 0 Å². The molecular formula is C14H32OS2. The molecule has 0 aliphatic carbocycles. The van der Waals surface area contributed by atoms with Crippen molar-refractivity contribution < 1.29 is 5.11 Å². The zero-order valence-electron chi connectivity index (χ0n) is 11.5. The number of unbranched alkanes of at least 4 members (excludes halogenated alkanes) is 9. The molecule has 0 radical (unpaired) electrons. The third-order valence-corrected chi connectivity index (χ3v) is 3.13. The van der Waals surface area contributed by atoms with Crippen LogP contribution in [-0.2, 0) is 0 Å². The van der Waals surface area contributed by atoms with Gasteiger partial charge < -0.3 is 5.11 Å². The Morgan fingerprint density at radius 3 is 1.29 bits per heavy atom. The van der Waals surface area contributed by atoms with Gasteiger partial charge in [0.1, 0.15) is 0 Å². The summed E-state index contributed by atoms with van der Waals surface area (Å²) in [6.45, 7) is 2.46. The van der Waals surface area contributed by atoms with Gasteiger partial charge in [-0.1, -0.05) is 64.7 Å². The lowest BCUT2D eigenvalue weighted by Crippen LogP contribution is -1.81. The Bertz CT molecular complexity index is 98.4. The maximum atomic E-state index is 7.80. The highest BCUT2D eigenvalue weighted by atomic mass is 32.1. The zero-order chi connectivity index (χ0) is 13.2. The molecule has 0 aromatic rings. The predicted octanol–water partition coefficient (Wildman–Crippen LogP) is 4.75. The van der Waals surface area contributed by atoms with Crippen LogP contribution in [0.1, 0.15) is 71.1 Å². The van der Waals surface area contributed by atoms with E-state index in [-0.39, 0.29) is 6.61 Å². The van der Waals surface area contributed by atoms with Crippen molar-refractivity contribution in [2.45, 2.75) is 71.1 Å². The first-order chi connectivity index (χ1) is 8.33. The number of aliphatic hydroxyl groups is 1. The second-order valence-electron chi connectivity index (χ2n) is 4.35. The number of hydrogen-bond acceptors (Lipinski definition) is 3. The Morgan fingerprint density at radius 1 is 0.647 bits per heavy atom. The molecule has 0 atom stereocenters. The average molecular weight is 281 g/mol. The van der Waals surface area contributed by atoms with E-state index in [4.69, 9.17) is 5.11 Å². The van der Waals surface area contributed by atoms with Gasteiger partial charge in [0.2, 0.25) is 0 Å². The van der Waals surface area contributed by atoms with Crippen molar-refractivity contribution in [3.05, 3.63) is 0 Å². The van der Waals surface area contributed by atoms with Gasteiger partial charge in [0.25, 0.3) is 0 Å². The summed E-state index contributed by atoms with van der Waals surface area (Å²) in [6.07, 6.45) is 14.2. The highest BCUT2D eigenvalue weighted by molar-refractivity contribution is 7.80. The van der Waals surface area contributed by atoms with E-state index < -0.39 is 0 Å². The lowest BCUT2D eigenvalue weighted by atomic mass is 10.1. The molecule has 0 aromatic heterocycles. The molecule has 0 aromatic carbocycles. The third kappa shape index (κ3) is 26.3. The van der Waals surface area contributed by atoms with Crippen molar-refractivity contribution in [2.24, 2.45) is 0 Å². The molecule has 0 heterocycles. The van der Waals surface area contributed by atoms with Crippen LogP contribution in [0, 0.1) is 0 Å². The minimum absolute atomic E-state index is 0.184. The van der Waals surface area contributed by atoms with E-state index in [1.165, 1.54) is 64.2 Å². The van der Waals surface area contributed by atoms with Gasteiger partial charge in [0.15, 0.2) is 0 Å². The Kier molecular flexibility index (Phi) is 25.7. The first kappa shape index (κ1) is 20.0. The first-order valence-corrected chi connectivity index (χ1v) is 8.42.